The fourth-order valence-corrected chi connectivity index (χ4v) is 1.35. The molecule has 0 saturated carbocycles. The maximum atomic E-state index is 12.9. The van der Waals surface area contributed by atoms with Gasteiger partial charge in [-0.1, -0.05) is 6.07 Å². The maximum absolute atomic E-state index is 12.9. The molecule has 0 heterocycles. The van der Waals surface area contributed by atoms with Gasteiger partial charge in [-0.2, -0.15) is 0 Å². The van der Waals surface area contributed by atoms with Crippen molar-refractivity contribution in [2.75, 3.05) is 5.75 Å². The quantitative estimate of drug-likeness (QED) is 0.628. The molecule has 0 fully saturated rings. The Morgan fingerprint density at radius 3 is 2.43 bits per heavy atom. The van der Waals surface area contributed by atoms with Gasteiger partial charge < -0.3 is 4.55 Å². The first-order valence-electron chi connectivity index (χ1n) is 3.72. The van der Waals surface area contributed by atoms with Crippen LogP contribution in [0.15, 0.2) is 12.1 Å². The highest BCUT2D eigenvalue weighted by molar-refractivity contribution is 7.79. The zero-order valence-corrected chi connectivity index (χ0v) is 7.78. The zero-order chi connectivity index (χ0) is 10.7. The van der Waals surface area contributed by atoms with Crippen molar-refractivity contribution in [2.45, 2.75) is 6.42 Å². The van der Waals surface area contributed by atoms with Gasteiger partial charge in [0.15, 0.2) is 28.5 Å². The van der Waals surface area contributed by atoms with Crippen molar-refractivity contribution < 1.29 is 21.9 Å². The SMILES string of the molecule is O=S(O)CCc1ccc(F)c(F)c1F. The number of benzene rings is 1. The van der Waals surface area contributed by atoms with Crippen LogP contribution in [-0.4, -0.2) is 14.5 Å². The van der Waals surface area contributed by atoms with E-state index in [0.29, 0.717) is 0 Å². The maximum Gasteiger partial charge on any atom is 0.194 e. The molecule has 1 aromatic rings. The summed E-state index contributed by atoms with van der Waals surface area (Å²) in [6.07, 6.45) is -0.105. The van der Waals surface area contributed by atoms with E-state index in [-0.39, 0.29) is 17.7 Å². The fourth-order valence-electron chi connectivity index (χ4n) is 0.956. The van der Waals surface area contributed by atoms with Crippen LogP contribution in [0.1, 0.15) is 5.56 Å². The summed E-state index contributed by atoms with van der Waals surface area (Å²) >= 11 is -2.07. The van der Waals surface area contributed by atoms with Crippen molar-refractivity contribution >= 4 is 11.1 Å². The second kappa shape index (κ2) is 4.56. The van der Waals surface area contributed by atoms with E-state index in [9.17, 15) is 17.4 Å². The van der Waals surface area contributed by atoms with Gasteiger partial charge in [-0.25, -0.2) is 17.4 Å². The predicted octanol–water partition coefficient (Wildman–Crippen LogP) is 1.87. The van der Waals surface area contributed by atoms with Gasteiger partial charge in [-0.3, -0.25) is 0 Å². The number of rotatable bonds is 3. The molecule has 1 atom stereocenters. The molecule has 2 nitrogen and oxygen atoms in total. The fraction of sp³-hybridized carbons (Fsp3) is 0.250. The molecule has 0 amide bonds. The minimum Gasteiger partial charge on any atom is -0.306 e. The summed E-state index contributed by atoms with van der Waals surface area (Å²) in [5, 5.41) is 0. The van der Waals surface area contributed by atoms with E-state index in [1.165, 1.54) is 0 Å². The Morgan fingerprint density at radius 1 is 1.21 bits per heavy atom. The van der Waals surface area contributed by atoms with Crippen LogP contribution in [0.2, 0.25) is 0 Å². The molecule has 6 heteroatoms. The van der Waals surface area contributed by atoms with Crippen molar-refractivity contribution in [2.24, 2.45) is 0 Å². The third-order valence-electron chi connectivity index (χ3n) is 1.66. The van der Waals surface area contributed by atoms with Gasteiger partial charge in [0.05, 0.1) is 5.75 Å². The zero-order valence-electron chi connectivity index (χ0n) is 6.97. The van der Waals surface area contributed by atoms with Gasteiger partial charge in [0.1, 0.15) is 0 Å². The van der Waals surface area contributed by atoms with E-state index in [2.05, 4.69) is 0 Å². The lowest BCUT2D eigenvalue weighted by Crippen LogP contribution is -2.03. The van der Waals surface area contributed by atoms with Crippen LogP contribution in [-0.2, 0) is 17.5 Å². The van der Waals surface area contributed by atoms with Crippen LogP contribution >= 0.6 is 0 Å². The van der Waals surface area contributed by atoms with E-state index in [1.807, 2.05) is 0 Å². The molecule has 78 valence electrons. The van der Waals surface area contributed by atoms with Crippen molar-refractivity contribution in [1.82, 2.24) is 0 Å². The number of halogens is 3. The Labute approximate surface area is 81.0 Å². The van der Waals surface area contributed by atoms with Crippen molar-refractivity contribution in [1.29, 1.82) is 0 Å². The van der Waals surface area contributed by atoms with Gasteiger partial charge >= 0.3 is 0 Å². The van der Waals surface area contributed by atoms with Gasteiger partial charge in [0.2, 0.25) is 0 Å². The predicted molar refractivity (Wildman–Crippen MR) is 45.7 cm³/mol. The number of hydrogen-bond donors (Lipinski definition) is 1. The highest BCUT2D eigenvalue weighted by Gasteiger charge is 2.13. The normalized spacial score (nSPS) is 12.9. The van der Waals surface area contributed by atoms with E-state index < -0.39 is 28.5 Å². The lowest BCUT2D eigenvalue weighted by atomic mass is 10.1. The second-order valence-corrected chi connectivity index (χ2v) is 3.66. The highest BCUT2D eigenvalue weighted by atomic mass is 32.2. The molecule has 1 N–H and O–H groups in total. The molecule has 0 saturated heterocycles. The van der Waals surface area contributed by atoms with Gasteiger partial charge in [-0.15, -0.1) is 0 Å². The average Bonchev–Trinajstić information content (AvgIpc) is 2.13. The summed E-state index contributed by atoms with van der Waals surface area (Å²) < 4.78 is 56.6. The van der Waals surface area contributed by atoms with Crippen molar-refractivity contribution in [3.8, 4) is 0 Å². The van der Waals surface area contributed by atoms with Crippen LogP contribution in [0.4, 0.5) is 13.2 Å². The Kier molecular flexibility index (Phi) is 3.65. The van der Waals surface area contributed by atoms with E-state index in [0.717, 1.165) is 12.1 Å². The third-order valence-corrected chi connectivity index (χ3v) is 2.21. The van der Waals surface area contributed by atoms with Crippen molar-refractivity contribution in [3.05, 3.63) is 35.1 Å². The molecule has 14 heavy (non-hydrogen) atoms. The minimum atomic E-state index is -2.07. The Bertz CT molecular complexity index is 368. The van der Waals surface area contributed by atoms with Crippen LogP contribution in [0, 0.1) is 17.5 Å². The van der Waals surface area contributed by atoms with E-state index in [1.54, 1.807) is 0 Å². The number of aryl methyl sites for hydroxylation is 1. The molecule has 0 spiro atoms. The van der Waals surface area contributed by atoms with Crippen LogP contribution in [0.25, 0.3) is 0 Å². The molecule has 0 bridgehead atoms. The van der Waals surface area contributed by atoms with Crippen LogP contribution < -0.4 is 0 Å². The Balaban J connectivity index is 2.88. The first-order valence-corrected chi connectivity index (χ1v) is 4.99. The molecular formula is C8H7F3O2S. The molecule has 0 aromatic heterocycles. The summed E-state index contributed by atoms with van der Waals surface area (Å²) in [5.74, 6) is -4.32. The topological polar surface area (TPSA) is 37.3 Å². The smallest absolute Gasteiger partial charge is 0.194 e. The van der Waals surface area contributed by atoms with E-state index in [4.69, 9.17) is 4.55 Å². The van der Waals surface area contributed by atoms with Crippen LogP contribution in [0.5, 0.6) is 0 Å². The molecule has 0 radical (unpaired) electrons. The third kappa shape index (κ3) is 2.55. The molecular weight excluding hydrogens is 217 g/mol. The van der Waals surface area contributed by atoms with Gasteiger partial charge in [0, 0.05) is 0 Å². The van der Waals surface area contributed by atoms with Gasteiger partial charge in [-0.05, 0) is 18.1 Å². The summed E-state index contributed by atoms with van der Waals surface area (Å²) in [6.45, 7) is 0. The van der Waals surface area contributed by atoms with E-state index >= 15 is 0 Å². The first-order chi connectivity index (χ1) is 6.52. The largest absolute Gasteiger partial charge is 0.306 e. The molecule has 1 unspecified atom stereocenters. The minimum absolute atomic E-state index is 0.105. The first kappa shape index (κ1) is 11.2. The molecule has 1 rings (SSSR count). The lowest BCUT2D eigenvalue weighted by Gasteiger charge is -2.02. The summed E-state index contributed by atoms with van der Waals surface area (Å²) in [7, 11) is 0. The van der Waals surface area contributed by atoms with Crippen molar-refractivity contribution in [3.63, 3.8) is 0 Å². The molecule has 1 aromatic carbocycles. The number of hydrogen-bond acceptors (Lipinski definition) is 1. The Hall–Kier alpha value is -0.880. The van der Waals surface area contributed by atoms with Crippen LogP contribution in [0.3, 0.4) is 0 Å². The molecule has 0 aliphatic rings. The monoisotopic (exact) mass is 224 g/mol. The second-order valence-electron chi connectivity index (χ2n) is 2.61. The van der Waals surface area contributed by atoms with Gasteiger partial charge in [0.25, 0.3) is 0 Å². The highest BCUT2D eigenvalue weighted by Crippen LogP contribution is 2.15. The molecule has 0 aliphatic carbocycles. The Morgan fingerprint density at radius 2 is 1.86 bits per heavy atom. The molecule has 0 aliphatic heterocycles. The summed E-state index contributed by atoms with van der Waals surface area (Å²) in [5.41, 5.74) is -0.105. The lowest BCUT2D eigenvalue weighted by molar-refractivity contribution is 0.441. The summed E-state index contributed by atoms with van der Waals surface area (Å²) in [6, 6.07) is 1.84. The standard InChI is InChI=1S/C8H7F3O2S/c9-6-2-1-5(3-4-14(12)13)7(10)8(6)11/h1-2H,3-4H2,(H,12,13). The average molecular weight is 224 g/mol. The summed E-state index contributed by atoms with van der Waals surface area (Å²) in [4.78, 5) is 0.